The van der Waals surface area contributed by atoms with E-state index in [0.29, 0.717) is 31.1 Å². The molecule has 48 heavy (non-hydrogen) atoms. The van der Waals surface area contributed by atoms with Crippen LogP contribution in [0.3, 0.4) is 0 Å². The number of carboxylic acid groups (broad SMARTS) is 1. The predicted octanol–water partition coefficient (Wildman–Crippen LogP) is 7.24. The summed E-state index contributed by atoms with van der Waals surface area (Å²) in [6.07, 6.45) is -0.150. The third-order valence-corrected chi connectivity index (χ3v) is 9.86. The van der Waals surface area contributed by atoms with Gasteiger partial charge in [-0.15, -0.1) is 0 Å². The maximum absolute atomic E-state index is 13.7. The van der Waals surface area contributed by atoms with Crippen molar-refractivity contribution in [3.05, 3.63) is 154 Å². The van der Waals surface area contributed by atoms with Gasteiger partial charge in [0.15, 0.2) is 11.5 Å². The number of ether oxygens (including phenoxy) is 2. The summed E-state index contributed by atoms with van der Waals surface area (Å²) in [7, 11) is -2.77. The molecule has 0 aromatic heterocycles. The van der Waals surface area contributed by atoms with E-state index >= 15 is 0 Å². The number of aliphatic hydroxyl groups excluding tert-OH is 1. The monoisotopic (exact) mass is 685 g/mol. The standard InChI is InChI=1S/C38H36ClNO7S/c1-46-36-23-33(22-34(38(42)43)37(36)47-26-29-11-6-3-7-12-29)48(44,45)32-17-15-27(16-18-32)19-20-40(24-28-9-4-2-5-10-28)25-35(41)30-13-8-14-31(39)21-30/h2-18,21-23,35,41H,19-20,24-26H2,1H3,(H,42,43)/t35-/m0/s1. The highest BCUT2D eigenvalue weighted by Gasteiger charge is 2.26. The number of nitrogens with zero attached hydrogens (tertiary/aromatic N) is 1. The molecule has 0 aliphatic rings. The summed E-state index contributed by atoms with van der Waals surface area (Å²) < 4.78 is 38.6. The Morgan fingerprint density at radius 1 is 0.812 bits per heavy atom. The van der Waals surface area contributed by atoms with Crippen molar-refractivity contribution in [2.45, 2.75) is 35.5 Å². The van der Waals surface area contributed by atoms with E-state index < -0.39 is 21.9 Å². The van der Waals surface area contributed by atoms with Gasteiger partial charge in [-0.05, 0) is 59.0 Å². The van der Waals surface area contributed by atoms with Crippen LogP contribution in [0.5, 0.6) is 11.5 Å². The summed E-state index contributed by atoms with van der Waals surface area (Å²) in [4.78, 5) is 14.1. The molecule has 10 heteroatoms. The van der Waals surface area contributed by atoms with E-state index in [9.17, 15) is 23.4 Å². The topological polar surface area (TPSA) is 113 Å². The van der Waals surface area contributed by atoms with E-state index in [0.717, 1.165) is 28.3 Å². The maximum Gasteiger partial charge on any atom is 0.339 e. The number of methoxy groups -OCH3 is 1. The van der Waals surface area contributed by atoms with E-state index in [4.69, 9.17) is 21.1 Å². The highest BCUT2D eigenvalue weighted by atomic mass is 35.5. The number of sulfone groups is 1. The molecule has 0 fully saturated rings. The molecule has 2 N–H and O–H groups in total. The number of benzene rings is 5. The van der Waals surface area contributed by atoms with Crippen LogP contribution in [0.2, 0.25) is 5.02 Å². The molecular formula is C38H36ClNO7S. The summed E-state index contributed by atoms with van der Waals surface area (Å²) in [5.41, 5.74) is 3.23. The highest BCUT2D eigenvalue weighted by Crippen LogP contribution is 2.37. The van der Waals surface area contributed by atoms with Crippen LogP contribution in [-0.4, -0.2) is 49.7 Å². The number of aliphatic hydroxyl groups is 1. The largest absolute Gasteiger partial charge is 0.493 e. The highest BCUT2D eigenvalue weighted by molar-refractivity contribution is 7.91. The van der Waals surface area contributed by atoms with Gasteiger partial charge in [-0.3, -0.25) is 4.90 Å². The number of rotatable bonds is 15. The Kier molecular flexibility index (Phi) is 11.5. The lowest BCUT2D eigenvalue weighted by molar-refractivity contribution is 0.0690. The van der Waals surface area contributed by atoms with Crippen molar-refractivity contribution in [3.63, 3.8) is 0 Å². The molecule has 0 heterocycles. The number of carbonyl (C=O) groups is 1. The van der Waals surface area contributed by atoms with E-state index in [-0.39, 0.29) is 33.5 Å². The van der Waals surface area contributed by atoms with Crippen LogP contribution in [0.15, 0.2) is 131 Å². The molecule has 0 saturated heterocycles. The summed E-state index contributed by atoms with van der Waals surface area (Å²) in [5.74, 6) is -1.40. The van der Waals surface area contributed by atoms with Crippen LogP contribution < -0.4 is 9.47 Å². The van der Waals surface area contributed by atoms with Crippen LogP contribution >= 0.6 is 11.6 Å². The number of hydrogen-bond donors (Lipinski definition) is 2. The van der Waals surface area contributed by atoms with Crippen molar-refractivity contribution in [3.8, 4) is 11.5 Å². The minimum absolute atomic E-state index is 0.000467. The smallest absolute Gasteiger partial charge is 0.339 e. The molecule has 0 amide bonds. The Hall–Kier alpha value is -4.67. The van der Waals surface area contributed by atoms with Crippen molar-refractivity contribution in [1.82, 2.24) is 4.90 Å². The van der Waals surface area contributed by atoms with Crippen molar-refractivity contribution < 1.29 is 32.9 Å². The fraction of sp³-hybridized carbons (Fsp3) is 0.184. The molecule has 0 bridgehead atoms. The Morgan fingerprint density at radius 2 is 1.48 bits per heavy atom. The first-order valence-electron chi connectivity index (χ1n) is 15.3. The quantitative estimate of drug-likeness (QED) is 0.119. The Labute approximate surface area is 285 Å². The summed E-state index contributed by atoms with van der Waals surface area (Å²) in [6.45, 7) is 1.67. The molecule has 0 spiro atoms. The summed E-state index contributed by atoms with van der Waals surface area (Å²) in [5, 5.41) is 21.5. The zero-order valence-corrected chi connectivity index (χ0v) is 27.9. The van der Waals surface area contributed by atoms with E-state index in [1.165, 1.54) is 25.3 Å². The molecule has 248 valence electrons. The molecule has 5 rings (SSSR count). The van der Waals surface area contributed by atoms with Gasteiger partial charge in [-0.2, -0.15) is 0 Å². The maximum atomic E-state index is 13.7. The van der Waals surface area contributed by atoms with E-state index in [2.05, 4.69) is 4.90 Å². The van der Waals surface area contributed by atoms with Crippen molar-refractivity contribution in [1.29, 1.82) is 0 Å². The van der Waals surface area contributed by atoms with Crippen LogP contribution in [0.4, 0.5) is 0 Å². The Bertz CT molecular complexity index is 1940. The third-order valence-electron chi connectivity index (χ3n) is 7.88. The molecular weight excluding hydrogens is 650 g/mol. The van der Waals surface area contributed by atoms with Gasteiger partial charge in [0.05, 0.1) is 23.0 Å². The molecule has 5 aromatic carbocycles. The van der Waals surface area contributed by atoms with E-state index in [1.54, 1.807) is 24.3 Å². The summed E-state index contributed by atoms with van der Waals surface area (Å²) >= 11 is 6.15. The van der Waals surface area contributed by atoms with Crippen molar-refractivity contribution in [2.75, 3.05) is 20.2 Å². The molecule has 0 aliphatic carbocycles. The van der Waals surface area contributed by atoms with Gasteiger partial charge < -0.3 is 19.7 Å². The molecule has 0 saturated carbocycles. The summed E-state index contributed by atoms with van der Waals surface area (Å²) in [6, 6.07) is 35.2. The second-order valence-corrected chi connectivity index (χ2v) is 13.7. The average molecular weight is 686 g/mol. The molecule has 8 nitrogen and oxygen atoms in total. The second-order valence-electron chi connectivity index (χ2n) is 11.3. The van der Waals surface area contributed by atoms with Gasteiger partial charge in [-0.25, -0.2) is 13.2 Å². The van der Waals surface area contributed by atoms with Gasteiger partial charge in [0.25, 0.3) is 0 Å². The SMILES string of the molecule is COc1cc(S(=O)(=O)c2ccc(CCN(Cc3ccccc3)C[C@H](O)c3cccc(Cl)c3)cc2)cc(C(=O)O)c1OCc1ccccc1. The average Bonchev–Trinajstić information content (AvgIpc) is 3.10. The van der Waals surface area contributed by atoms with Crippen LogP contribution in [0, 0.1) is 0 Å². The minimum atomic E-state index is -4.10. The third kappa shape index (κ3) is 8.81. The molecule has 0 unspecified atom stereocenters. The normalized spacial score (nSPS) is 12.1. The van der Waals surface area contributed by atoms with Gasteiger partial charge >= 0.3 is 5.97 Å². The van der Waals surface area contributed by atoms with Crippen molar-refractivity contribution >= 4 is 27.4 Å². The van der Waals surface area contributed by atoms with Crippen LogP contribution in [-0.2, 0) is 29.4 Å². The number of carboxylic acids is 1. The molecule has 1 atom stereocenters. The number of hydrogen-bond acceptors (Lipinski definition) is 7. The van der Waals surface area contributed by atoms with Gasteiger partial charge in [0.2, 0.25) is 9.84 Å². The van der Waals surface area contributed by atoms with Crippen molar-refractivity contribution in [2.24, 2.45) is 0 Å². The van der Waals surface area contributed by atoms with Gasteiger partial charge in [-0.1, -0.05) is 96.5 Å². The van der Waals surface area contributed by atoms with Crippen LogP contribution in [0.1, 0.15) is 38.7 Å². The second kappa shape index (κ2) is 16.0. The Morgan fingerprint density at radius 3 is 2.10 bits per heavy atom. The lowest BCUT2D eigenvalue weighted by atomic mass is 10.1. The number of aromatic carboxylic acids is 1. The Balaban J connectivity index is 1.32. The zero-order valence-electron chi connectivity index (χ0n) is 26.3. The fourth-order valence-electron chi connectivity index (χ4n) is 5.32. The molecule has 0 aliphatic heterocycles. The lowest BCUT2D eigenvalue weighted by Crippen LogP contribution is -2.30. The minimum Gasteiger partial charge on any atom is -0.493 e. The lowest BCUT2D eigenvalue weighted by Gasteiger charge is -2.25. The van der Waals surface area contributed by atoms with Crippen LogP contribution in [0.25, 0.3) is 0 Å². The fourth-order valence-corrected chi connectivity index (χ4v) is 6.82. The first-order chi connectivity index (χ1) is 23.1. The number of halogens is 1. The van der Waals surface area contributed by atoms with Gasteiger partial charge in [0.1, 0.15) is 12.2 Å². The first-order valence-corrected chi connectivity index (χ1v) is 17.2. The van der Waals surface area contributed by atoms with Gasteiger partial charge in [0, 0.05) is 30.7 Å². The first kappa shape index (κ1) is 34.7. The molecule has 0 radical (unpaired) electrons. The predicted molar refractivity (Wildman–Crippen MR) is 184 cm³/mol. The van der Waals surface area contributed by atoms with E-state index in [1.807, 2.05) is 72.8 Å². The molecule has 5 aromatic rings. The zero-order chi connectivity index (χ0) is 34.1.